The minimum atomic E-state index is -3.54. The average Bonchev–Trinajstić information content (AvgIpc) is 0.748. The third kappa shape index (κ3) is 32.8. The summed E-state index contributed by atoms with van der Waals surface area (Å²) in [5.41, 5.74) is 18.3. The summed E-state index contributed by atoms with van der Waals surface area (Å²) in [6.45, 7) is -2.71. The highest BCUT2D eigenvalue weighted by molar-refractivity contribution is 5.77. The van der Waals surface area contributed by atoms with E-state index in [2.05, 4.69) is 24.5 Å². The van der Waals surface area contributed by atoms with E-state index < -0.39 is 333 Å². The molecule has 2 amide bonds. The number of rotatable bonds is 62. The van der Waals surface area contributed by atoms with Crippen molar-refractivity contribution in [1.82, 2.24) is 10.6 Å². The molecule has 0 bridgehead atoms. The molecule has 8 unspecified atom stereocenters. The summed E-state index contributed by atoms with van der Waals surface area (Å²) in [7, 11) is 0. The normalized spacial score (nSPS) is 37.4. The quantitative estimate of drug-likeness (QED) is 0.0153. The fourth-order valence-electron chi connectivity index (χ4n) is 18.1. The number of aliphatic hydroxyl groups is 22. The van der Waals surface area contributed by atoms with Crippen molar-refractivity contribution in [2.45, 2.75) is 464 Å². The molecule has 0 radical (unpaired) electrons. The zero-order valence-corrected chi connectivity index (χ0v) is 78.1. The molecule has 49 heteroatoms. The van der Waals surface area contributed by atoms with Gasteiger partial charge in [-0.15, -0.1) is 0 Å². The summed E-state index contributed by atoms with van der Waals surface area (Å²) in [4.78, 5) is 67.6. The number of carboxylic acids is 3. The van der Waals surface area contributed by atoms with E-state index in [1.165, 1.54) is 96.0 Å². The topological polar surface area (TPSA) is 822 Å². The van der Waals surface area contributed by atoms with Crippen molar-refractivity contribution in [3.8, 4) is 0 Å². The number of hydrogen-bond donors (Lipinski definition) is 30. The summed E-state index contributed by atoms with van der Waals surface area (Å²) in [6.07, 6.45) is -46.9. The maximum Gasteiger partial charge on any atom is 0.364 e. The molecule has 0 aromatic rings. The van der Waals surface area contributed by atoms with Gasteiger partial charge in [-0.2, -0.15) is 0 Å². The van der Waals surface area contributed by atoms with Crippen LogP contribution in [0.15, 0.2) is 12.2 Å². The summed E-state index contributed by atoms with van der Waals surface area (Å²) >= 11 is 0. The summed E-state index contributed by atoms with van der Waals surface area (Å²) in [6, 6.07) is -7.81. The zero-order valence-electron chi connectivity index (χ0n) is 78.1. The lowest BCUT2D eigenvalue weighted by atomic mass is 9.88. The number of carboxylic acid groups (broad SMARTS) is 3. The van der Waals surface area contributed by atoms with Crippen LogP contribution in [-0.4, -0.2) is 447 Å². The lowest BCUT2D eigenvalue weighted by Crippen LogP contribution is -2.72. The van der Waals surface area contributed by atoms with E-state index in [0.717, 1.165) is 77.6 Å². The van der Waals surface area contributed by atoms with Crippen LogP contribution in [0.25, 0.3) is 0 Å². The van der Waals surface area contributed by atoms with Gasteiger partial charge in [0.05, 0.1) is 76.1 Å². The molecule has 7 fully saturated rings. The average molecular weight is 1990 g/mol. The number of nitrogens with one attached hydrogen (secondary N) is 2. The Kier molecular flexibility index (Phi) is 51.1. The van der Waals surface area contributed by atoms with Crippen LogP contribution >= 0.6 is 0 Å². The summed E-state index contributed by atoms with van der Waals surface area (Å²) in [5.74, 6) is -18.6. The van der Waals surface area contributed by atoms with Crippen molar-refractivity contribution < 1.29 is 218 Å². The lowest BCUT2D eigenvalue weighted by Gasteiger charge is -2.53. The molecule has 0 aromatic carbocycles. The molecular formula is C88H157N5O44. The fourth-order valence-corrected chi connectivity index (χ4v) is 18.1. The first-order chi connectivity index (χ1) is 65.1. The van der Waals surface area contributed by atoms with Crippen molar-refractivity contribution in [1.29, 1.82) is 0 Å². The molecular weight excluding hydrogens is 1830 g/mol. The maximum absolute atomic E-state index is 14.0. The van der Waals surface area contributed by atoms with Crippen LogP contribution in [0, 0.1) is 0 Å². The number of unbranched alkanes of at least 4 members (excludes halogenated alkanes) is 25. The van der Waals surface area contributed by atoms with Gasteiger partial charge >= 0.3 is 17.9 Å². The fraction of sp³-hybridized carbons (Fsp3) is 0.920. The van der Waals surface area contributed by atoms with Crippen molar-refractivity contribution in [2.24, 2.45) is 17.2 Å². The summed E-state index contributed by atoms with van der Waals surface area (Å²) in [5, 5.41) is 286. The molecule has 7 saturated heterocycles. The van der Waals surface area contributed by atoms with Crippen molar-refractivity contribution in [3.05, 3.63) is 12.2 Å². The predicted molar refractivity (Wildman–Crippen MR) is 467 cm³/mol. The second-order valence-corrected chi connectivity index (χ2v) is 36.9. The Labute approximate surface area is 794 Å². The minimum absolute atomic E-state index is 0.118. The number of aliphatic carboxylic acids is 3. The van der Waals surface area contributed by atoms with Gasteiger partial charge in [-0.3, -0.25) is 9.59 Å². The number of hydrogen-bond acceptors (Lipinski definition) is 44. The summed E-state index contributed by atoms with van der Waals surface area (Å²) < 4.78 is 83.1. The molecule has 7 aliphatic rings. The molecule has 0 aliphatic carbocycles. The van der Waals surface area contributed by atoms with E-state index in [-0.39, 0.29) is 13.0 Å². The van der Waals surface area contributed by atoms with E-state index in [1.807, 2.05) is 0 Å². The minimum Gasteiger partial charge on any atom is -0.477 e. The van der Waals surface area contributed by atoms with Gasteiger partial charge in [0.25, 0.3) is 17.4 Å². The molecule has 33 N–H and O–H groups in total. The van der Waals surface area contributed by atoms with Crippen LogP contribution in [0.1, 0.15) is 220 Å². The van der Waals surface area contributed by atoms with Crippen LogP contribution in [0.5, 0.6) is 0 Å². The maximum atomic E-state index is 14.0. The number of nitrogens with two attached hydrogens (primary N) is 3. The first-order valence-corrected chi connectivity index (χ1v) is 48.2. The first-order valence-electron chi connectivity index (χ1n) is 48.2. The van der Waals surface area contributed by atoms with Gasteiger partial charge < -0.3 is 222 Å². The molecule has 137 heavy (non-hydrogen) atoms. The van der Waals surface area contributed by atoms with Crippen molar-refractivity contribution >= 4 is 29.7 Å². The highest BCUT2D eigenvalue weighted by Crippen LogP contribution is 2.44. The zero-order chi connectivity index (χ0) is 101. The Balaban J connectivity index is 1.16. The highest BCUT2D eigenvalue weighted by Gasteiger charge is 2.65. The molecule has 7 aliphatic heterocycles. The Hall–Kier alpha value is -4.47. The van der Waals surface area contributed by atoms with Crippen molar-refractivity contribution in [3.63, 3.8) is 0 Å². The second kappa shape index (κ2) is 58.6. The Morgan fingerprint density at radius 2 is 0.781 bits per heavy atom. The predicted octanol–water partition coefficient (Wildman–Crippen LogP) is -7.27. The van der Waals surface area contributed by atoms with E-state index in [0.29, 0.717) is 12.8 Å². The van der Waals surface area contributed by atoms with Crippen LogP contribution < -0.4 is 27.8 Å². The van der Waals surface area contributed by atoms with Crippen LogP contribution in [0.2, 0.25) is 0 Å². The standard InChI is InChI=1S/C88H157N5O44/c1-4-6-8-10-12-14-16-18-19-21-23-25-27-29-31-33-56(107)92-37-51(45(101)32-30-28-26-24-22-20-17-15-13-11-9-7-5-2)124-80-66(113)65(112)70(54(42-98)127-80)129-82-69(116)77(136-87(84(120)121)35-46(102)57(89)72(132-87)61(108)49(105)38-94)71(55(43-99)128-82)130-79-60(93-44(3)100)75(63(110)52(40-96)125-79)131-81-68(115)76(64(111)53(41-97)126-81)135-86(83(118)119)34-47(103)59(91)74(134-86)67(114)78(117)137-88(85(122)123)36-48(104)58(90)73(133-88)62(109)50(106)39-95/h30,32,45-55,57-82,94-99,101-106,108-117H,4-29,31,33-43,89-91H2,1-3H3,(H,92,107)(H,93,100)(H,118,119)(H,120,121)(H,122,123)/b32-30+/t45?,46-,47-,48-,49?,50?,51?,52-,53-,54+,55-,57+,58+,59+,60-,61?,62?,63+,64+,65+,66+,67?,68-,69-,70+,71+,72+,73+,74+,75-,76+,77-,78?,79+,80+,81+,82+,86+,87+,88+/m0/s1. The van der Waals surface area contributed by atoms with Gasteiger partial charge in [-0.05, 0) is 19.3 Å². The monoisotopic (exact) mass is 1990 g/mol. The molecule has 49 nitrogen and oxygen atoms in total. The van der Waals surface area contributed by atoms with E-state index in [1.54, 1.807) is 6.08 Å². The van der Waals surface area contributed by atoms with Gasteiger partial charge in [0.2, 0.25) is 11.8 Å². The highest BCUT2D eigenvalue weighted by atomic mass is 16.8. The van der Waals surface area contributed by atoms with Crippen molar-refractivity contribution in [2.75, 3.05) is 46.2 Å². The van der Waals surface area contributed by atoms with E-state index in [4.69, 9.17) is 83.5 Å². The van der Waals surface area contributed by atoms with Gasteiger partial charge in [-0.25, -0.2) is 14.4 Å². The van der Waals surface area contributed by atoms with Gasteiger partial charge in [0, 0.05) is 39.2 Å². The third-order valence-corrected chi connectivity index (χ3v) is 26.3. The molecule has 0 aromatic heterocycles. The Morgan fingerprint density at radius 1 is 0.416 bits per heavy atom. The van der Waals surface area contributed by atoms with Crippen LogP contribution in [-0.2, 0) is 90.3 Å². The number of allylic oxidation sites excluding steroid dienone is 1. The lowest BCUT2D eigenvalue weighted by molar-refractivity contribution is -0.405. The number of aliphatic hydroxyl groups excluding tert-OH is 22. The van der Waals surface area contributed by atoms with Gasteiger partial charge in [-0.1, -0.05) is 180 Å². The second-order valence-electron chi connectivity index (χ2n) is 36.9. The van der Waals surface area contributed by atoms with Crippen LogP contribution in [0.3, 0.4) is 0 Å². The molecule has 0 saturated carbocycles. The molecule has 40 atom stereocenters. The Morgan fingerprint density at radius 3 is 1.22 bits per heavy atom. The number of ether oxygens (including phenoxy) is 14. The van der Waals surface area contributed by atoms with E-state index in [9.17, 15) is 152 Å². The third-order valence-electron chi connectivity index (χ3n) is 26.3. The molecule has 798 valence electrons. The smallest absolute Gasteiger partial charge is 0.364 e. The number of carbonyl (C=O) groups is 5. The van der Waals surface area contributed by atoms with E-state index >= 15 is 0 Å². The van der Waals surface area contributed by atoms with Gasteiger partial charge in [0.1, 0.15) is 159 Å². The molecule has 7 rings (SSSR count). The van der Waals surface area contributed by atoms with Crippen LogP contribution in [0.4, 0.5) is 0 Å². The largest absolute Gasteiger partial charge is 0.477 e. The molecule has 0 spiro atoms. The first kappa shape index (κ1) is 119. The number of amides is 2. The van der Waals surface area contributed by atoms with Gasteiger partial charge in [0.15, 0.2) is 31.5 Å². The Bertz CT molecular complexity index is 3510. The SMILES string of the molecule is CCCCCCCCCCCCC/C=C/C(O)C(CNC(=O)CCCCCCCCCCCCCCCCC)O[C@@H]1O[C@H](CO)[C@@H](O[C@H]2O[C@@H](CO)[C@@H](O[C@H]3O[C@@H](CO)[C@@H](O)[C@@H](O[C@H]4O[C@@H](CO)[C@@H](O)[C@@H](O[C@@]5(C(=O)O)C[C@H](O)[C@@H](N)[C@H](C(O)C(O)O[C@@]6(C(=O)O)C[C@H](O)[C@@H](N)[C@H](C(O)C(O)CO)O6)O5)[C@@H]4O)[C@@H]3NC(C)=O)[C@@H](O[C@@]3(C(=O)O)C[C@H](O)[C@@H](N)[C@H](C(O)C(O)CO)O3)[C@@H]2O)[C@H](O)[C@H]1O. The number of carbonyl (C=O) groups excluding carboxylic acids is 2. The molecule has 7 heterocycles.